The molecule has 0 aliphatic carbocycles. The van der Waals surface area contributed by atoms with Crippen LogP contribution in [0.5, 0.6) is 0 Å². The molecule has 18 heavy (non-hydrogen) atoms. The summed E-state index contributed by atoms with van der Waals surface area (Å²) in [5.74, 6) is -0.252. The van der Waals surface area contributed by atoms with E-state index in [2.05, 4.69) is 5.10 Å². The molecule has 0 saturated carbocycles. The van der Waals surface area contributed by atoms with Crippen molar-refractivity contribution in [2.24, 2.45) is 11.0 Å². The lowest BCUT2D eigenvalue weighted by molar-refractivity contribution is -0.138. The zero-order valence-electron chi connectivity index (χ0n) is 10.3. The summed E-state index contributed by atoms with van der Waals surface area (Å²) in [6, 6.07) is 0. The molecule has 3 aliphatic rings. The predicted molar refractivity (Wildman–Crippen MR) is 64.9 cm³/mol. The van der Waals surface area contributed by atoms with E-state index in [-0.39, 0.29) is 23.3 Å². The summed E-state index contributed by atoms with van der Waals surface area (Å²) in [4.78, 5) is 12.3. The summed E-state index contributed by atoms with van der Waals surface area (Å²) in [7, 11) is -3.04. The minimum atomic E-state index is -3.04. The average Bonchev–Trinajstić information content (AvgIpc) is 2.79. The minimum absolute atomic E-state index is 0.0100. The van der Waals surface area contributed by atoms with Crippen LogP contribution in [0.1, 0.15) is 19.8 Å². The van der Waals surface area contributed by atoms with Gasteiger partial charge in [0.2, 0.25) is 0 Å². The fourth-order valence-corrected chi connectivity index (χ4v) is 4.96. The number of sulfone groups is 1. The zero-order chi connectivity index (χ0) is 13.0. The Bertz CT molecular complexity index is 527. The lowest BCUT2D eigenvalue weighted by Crippen LogP contribution is -2.47. The molecule has 0 bridgehead atoms. The van der Waals surface area contributed by atoms with Crippen molar-refractivity contribution in [1.29, 1.82) is 0 Å². The highest BCUT2D eigenvalue weighted by atomic mass is 32.2. The van der Waals surface area contributed by atoms with E-state index in [1.165, 1.54) is 5.01 Å². The Labute approximate surface area is 106 Å². The topological polar surface area (TPSA) is 76.0 Å². The second kappa shape index (κ2) is 3.77. The summed E-state index contributed by atoms with van der Waals surface area (Å²) in [6.45, 7) is 2.76. The highest BCUT2D eigenvalue weighted by Crippen LogP contribution is 2.35. The molecule has 6 nitrogen and oxygen atoms in total. The number of ether oxygens (including phenoxy) is 1. The monoisotopic (exact) mass is 272 g/mol. The molecule has 0 N–H and O–H groups in total. The normalized spacial score (nSPS) is 38.7. The average molecular weight is 272 g/mol. The smallest absolute Gasteiger partial charge is 0.254 e. The molecule has 0 aromatic rings. The van der Waals surface area contributed by atoms with Crippen LogP contribution in [0.4, 0.5) is 0 Å². The summed E-state index contributed by atoms with van der Waals surface area (Å²) in [5, 5.41) is 5.78. The van der Waals surface area contributed by atoms with E-state index in [9.17, 15) is 13.2 Å². The van der Waals surface area contributed by atoms with Crippen molar-refractivity contribution in [2.75, 3.05) is 24.7 Å². The van der Waals surface area contributed by atoms with Crippen LogP contribution >= 0.6 is 0 Å². The zero-order valence-corrected chi connectivity index (χ0v) is 11.1. The van der Waals surface area contributed by atoms with Crippen LogP contribution in [-0.2, 0) is 19.4 Å². The lowest BCUT2D eigenvalue weighted by atomic mass is 9.97. The Kier molecular flexibility index (Phi) is 2.54. The first-order chi connectivity index (χ1) is 8.41. The van der Waals surface area contributed by atoms with Gasteiger partial charge in [-0.15, -0.1) is 0 Å². The number of nitrogens with zero attached hydrogens (tertiary/aromatic N) is 2. The third-order valence-corrected chi connectivity index (χ3v) is 5.81. The number of hydrogen-bond acceptors (Lipinski definition) is 5. The van der Waals surface area contributed by atoms with E-state index in [0.29, 0.717) is 26.1 Å². The highest BCUT2D eigenvalue weighted by molar-refractivity contribution is 7.91. The Morgan fingerprint density at radius 1 is 1.50 bits per heavy atom. The number of rotatable bonds is 1. The Morgan fingerprint density at radius 2 is 2.28 bits per heavy atom. The molecule has 7 heteroatoms. The van der Waals surface area contributed by atoms with Crippen LogP contribution in [0.2, 0.25) is 0 Å². The van der Waals surface area contributed by atoms with Gasteiger partial charge >= 0.3 is 0 Å². The van der Waals surface area contributed by atoms with Crippen molar-refractivity contribution >= 4 is 21.5 Å². The molecule has 0 aromatic heterocycles. The van der Waals surface area contributed by atoms with Gasteiger partial charge in [-0.3, -0.25) is 4.79 Å². The van der Waals surface area contributed by atoms with E-state index in [1.54, 1.807) is 6.92 Å². The first-order valence-corrected chi connectivity index (χ1v) is 7.93. The third kappa shape index (κ3) is 1.76. The van der Waals surface area contributed by atoms with Crippen molar-refractivity contribution in [1.82, 2.24) is 5.01 Å². The van der Waals surface area contributed by atoms with Crippen LogP contribution in [0.3, 0.4) is 0 Å². The van der Waals surface area contributed by atoms with Crippen molar-refractivity contribution in [3.8, 4) is 0 Å². The molecule has 1 amide bonds. The highest BCUT2D eigenvalue weighted by Gasteiger charge is 2.50. The Morgan fingerprint density at radius 3 is 2.89 bits per heavy atom. The number of carbonyl (C=O) groups is 1. The maximum atomic E-state index is 12.3. The maximum Gasteiger partial charge on any atom is 0.254 e. The molecule has 2 unspecified atom stereocenters. The van der Waals surface area contributed by atoms with Crippen molar-refractivity contribution in [2.45, 2.75) is 25.3 Å². The van der Waals surface area contributed by atoms with Crippen LogP contribution in [0.15, 0.2) is 5.10 Å². The third-order valence-electron chi connectivity index (χ3n) is 3.92. The number of amides is 1. The predicted octanol–water partition coefficient (Wildman–Crippen LogP) is -0.202. The molecule has 2 atom stereocenters. The molecule has 2 fully saturated rings. The second-order valence-electron chi connectivity index (χ2n) is 5.46. The van der Waals surface area contributed by atoms with Gasteiger partial charge in [0.05, 0.1) is 36.0 Å². The van der Waals surface area contributed by atoms with Crippen LogP contribution in [-0.4, -0.2) is 55.3 Å². The SMILES string of the molecule is CC1(N2N=C3CCOCC3C2=O)CCS(=O)(=O)C1. The standard InChI is InChI=1S/C11H16N2O4S/c1-11(3-5-18(15,16)7-11)13-10(14)8-6-17-4-2-9(8)12-13/h8H,2-7H2,1H3. The van der Waals surface area contributed by atoms with Gasteiger partial charge in [0.25, 0.3) is 5.91 Å². The number of hydrogen-bond donors (Lipinski definition) is 0. The Balaban J connectivity index is 1.90. The molecular formula is C11H16N2O4S. The summed E-state index contributed by atoms with van der Waals surface area (Å²) in [5.41, 5.74) is 0.164. The minimum Gasteiger partial charge on any atom is -0.380 e. The molecule has 2 saturated heterocycles. The van der Waals surface area contributed by atoms with Crippen molar-refractivity contribution < 1.29 is 17.9 Å². The van der Waals surface area contributed by atoms with E-state index in [1.807, 2.05) is 0 Å². The van der Waals surface area contributed by atoms with Gasteiger partial charge in [0.15, 0.2) is 9.84 Å². The molecule has 0 spiro atoms. The van der Waals surface area contributed by atoms with E-state index in [0.717, 1.165) is 5.71 Å². The van der Waals surface area contributed by atoms with E-state index in [4.69, 9.17) is 4.74 Å². The van der Waals surface area contributed by atoms with Crippen LogP contribution < -0.4 is 0 Å². The number of hydrazone groups is 1. The molecule has 100 valence electrons. The van der Waals surface area contributed by atoms with Crippen LogP contribution in [0, 0.1) is 5.92 Å². The molecule has 0 aromatic carbocycles. The molecule has 0 radical (unpaired) electrons. The number of carbonyl (C=O) groups excluding carboxylic acids is 1. The quantitative estimate of drug-likeness (QED) is 0.662. The number of fused-ring (bicyclic) bond motifs is 1. The first kappa shape index (κ1) is 12.1. The van der Waals surface area contributed by atoms with Gasteiger partial charge in [0, 0.05) is 6.42 Å². The summed E-state index contributed by atoms with van der Waals surface area (Å²) in [6.07, 6.45) is 1.13. The summed E-state index contributed by atoms with van der Waals surface area (Å²) < 4.78 is 28.5. The van der Waals surface area contributed by atoms with Gasteiger partial charge in [-0.25, -0.2) is 13.4 Å². The van der Waals surface area contributed by atoms with E-state index < -0.39 is 15.4 Å². The summed E-state index contributed by atoms with van der Waals surface area (Å²) >= 11 is 0. The van der Waals surface area contributed by atoms with Crippen molar-refractivity contribution in [3.63, 3.8) is 0 Å². The van der Waals surface area contributed by atoms with Gasteiger partial charge < -0.3 is 4.74 Å². The van der Waals surface area contributed by atoms with Gasteiger partial charge in [-0.05, 0) is 13.3 Å². The maximum absolute atomic E-state index is 12.3. The molecular weight excluding hydrogens is 256 g/mol. The molecule has 3 rings (SSSR count). The Hall–Kier alpha value is -0.950. The van der Waals surface area contributed by atoms with Gasteiger partial charge in [-0.2, -0.15) is 5.10 Å². The largest absolute Gasteiger partial charge is 0.380 e. The molecule has 3 heterocycles. The molecule has 3 aliphatic heterocycles. The second-order valence-corrected chi connectivity index (χ2v) is 7.64. The van der Waals surface area contributed by atoms with E-state index >= 15 is 0 Å². The van der Waals surface area contributed by atoms with Crippen LogP contribution in [0.25, 0.3) is 0 Å². The van der Waals surface area contributed by atoms with Gasteiger partial charge in [-0.1, -0.05) is 0 Å². The van der Waals surface area contributed by atoms with Crippen molar-refractivity contribution in [3.05, 3.63) is 0 Å². The lowest BCUT2D eigenvalue weighted by Gasteiger charge is -2.31. The van der Waals surface area contributed by atoms with Gasteiger partial charge in [0.1, 0.15) is 5.92 Å². The fraction of sp³-hybridized carbons (Fsp3) is 0.818. The first-order valence-electron chi connectivity index (χ1n) is 6.11. The fourth-order valence-electron chi connectivity index (χ4n) is 2.85.